The fourth-order valence-electron chi connectivity index (χ4n) is 1.49. The molecule has 0 aliphatic carbocycles. The first-order chi connectivity index (χ1) is 8.76. The molecule has 0 aromatic heterocycles. The van der Waals surface area contributed by atoms with Gasteiger partial charge in [-0.2, -0.15) is 0 Å². The lowest BCUT2D eigenvalue weighted by Gasteiger charge is -2.36. The number of nitrogens with one attached hydrogen (secondary N) is 1. The van der Waals surface area contributed by atoms with Crippen molar-refractivity contribution in [1.82, 2.24) is 10.2 Å². The zero-order valence-electron chi connectivity index (χ0n) is 13.4. The molecule has 2 N–H and O–H groups in total. The lowest BCUT2D eigenvalue weighted by Crippen LogP contribution is -2.56. The zero-order valence-corrected chi connectivity index (χ0v) is 13.4. The second-order valence-electron chi connectivity index (χ2n) is 6.93. The minimum atomic E-state index is -1.08. The highest BCUT2D eigenvalue weighted by molar-refractivity contribution is 5.91. The summed E-state index contributed by atoms with van der Waals surface area (Å²) in [4.78, 5) is 36.3. The number of carboxylic acid groups (broad SMARTS) is 1. The van der Waals surface area contributed by atoms with Crippen molar-refractivity contribution in [2.24, 2.45) is 5.41 Å². The Hall–Kier alpha value is -1.59. The molecule has 0 bridgehead atoms. The number of amides is 2. The number of hydrogen-bond acceptors (Lipinski definition) is 3. The first kappa shape index (κ1) is 18.4. The lowest BCUT2D eigenvalue weighted by atomic mass is 9.95. The van der Waals surface area contributed by atoms with Crippen LogP contribution in [0, 0.1) is 5.41 Å². The maximum absolute atomic E-state index is 12.3. The van der Waals surface area contributed by atoms with Gasteiger partial charge in [0.2, 0.25) is 11.8 Å². The van der Waals surface area contributed by atoms with E-state index in [2.05, 4.69) is 5.32 Å². The number of aliphatic carboxylic acids is 1. The van der Waals surface area contributed by atoms with Crippen LogP contribution in [0.1, 0.15) is 48.5 Å². The Balaban J connectivity index is 4.99. The van der Waals surface area contributed by atoms with Crippen LogP contribution in [0.5, 0.6) is 0 Å². The average molecular weight is 286 g/mol. The van der Waals surface area contributed by atoms with Gasteiger partial charge in [-0.05, 0) is 27.7 Å². The number of nitrogens with zero attached hydrogens (tertiary/aromatic N) is 1. The van der Waals surface area contributed by atoms with E-state index < -0.39 is 35.4 Å². The van der Waals surface area contributed by atoms with Crippen molar-refractivity contribution < 1.29 is 19.5 Å². The first-order valence-corrected chi connectivity index (χ1v) is 6.61. The van der Waals surface area contributed by atoms with E-state index in [9.17, 15) is 14.4 Å². The van der Waals surface area contributed by atoms with Crippen molar-refractivity contribution in [3.8, 4) is 0 Å². The van der Waals surface area contributed by atoms with Gasteiger partial charge >= 0.3 is 5.97 Å². The van der Waals surface area contributed by atoms with Crippen LogP contribution in [0.2, 0.25) is 0 Å². The van der Waals surface area contributed by atoms with Crippen LogP contribution >= 0.6 is 0 Å². The molecular weight excluding hydrogens is 260 g/mol. The fraction of sp³-hybridized carbons (Fsp3) is 0.786. The van der Waals surface area contributed by atoms with E-state index >= 15 is 0 Å². The third kappa shape index (κ3) is 5.59. The average Bonchev–Trinajstić information content (AvgIpc) is 2.21. The van der Waals surface area contributed by atoms with Gasteiger partial charge in [-0.1, -0.05) is 20.8 Å². The summed E-state index contributed by atoms with van der Waals surface area (Å²) >= 11 is 0. The van der Waals surface area contributed by atoms with E-state index in [0.717, 1.165) is 0 Å². The van der Waals surface area contributed by atoms with E-state index in [4.69, 9.17) is 5.11 Å². The van der Waals surface area contributed by atoms with Crippen LogP contribution in [0.4, 0.5) is 0 Å². The molecule has 0 aromatic carbocycles. The SMILES string of the molecule is CC(NC(=O)C(C)(C)C)C(=O)N(CC(=O)O)C(C)(C)C. The van der Waals surface area contributed by atoms with Crippen LogP contribution in [0.15, 0.2) is 0 Å². The van der Waals surface area contributed by atoms with Gasteiger partial charge in [-0.3, -0.25) is 14.4 Å². The topological polar surface area (TPSA) is 86.7 Å². The van der Waals surface area contributed by atoms with Crippen molar-refractivity contribution in [3.63, 3.8) is 0 Å². The number of hydrogen-bond donors (Lipinski definition) is 2. The van der Waals surface area contributed by atoms with Gasteiger partial charge < -0.3 is 15.3 Å². The molecule has 116 valence electrons. The Morgan fingerprint density at radius 1 is 1.10 bits per heavy atom. The summed E-state index contributed by atoms with van der Waals surface area (Å²) < 4.78 is 0. The Bertz CT molecular complexity index is 391. The summed E-state index contributed by atoms with van der Waals surface area (Å²) in [6, 6.07) is -0.764. The quantitative estimate of drug-likeness (QED) is 0.814. The Labute approximate surface area is 120 Å². The second kappa shape index (κ2) is 6.24. The van der Waals surface area contributed by atoms with Gasteiger partial charge in [0, 0.05) is 11.0 Å². The Kier molecular flexibility index (Phi) is 5.74. The predicted octanol–water partition coefficient (Wildman–Crippen LogP) is 1.25. The molecule has 20 heavy (non-hydrogen) atoms. The Morgan fingerprint density at radius 2 is 1.55 bits per heavy atom. The predicted molar refractivity (Wildman–Crippen MR) is 76.2 cm³/mol. The monoisotopic (exact) mass is 286 g/mol. The van der Waals surface area contributed by atoms with Gasteiger partial charge in [0.15, 0.2) is 0 Å². The summed E-state index contributed by atoms with van der Waals surface area (Å²) in [6.07, 6.45) is 0. The van der Waals surface area contributed by atoms with Crippen LogP contribution in [0.25, 0.3) is 0 Å². The summed E-state index contributed by atoms with van der Waals surface area (Å²) in [6.45, 7) is 11.7. The third-order valence-corrected chi connectivity index (χ3v) is 2.77. The summed E-state index contributed by atoms with van der Waals surface area (Å²) in [5, 5.41) is 11.5. The summed E-state index contributed by atoms with van der Waals surface area (Å²) in [5.74, 6) is -1.73. The van der Waals surface area contributed by atoms with Gasteiger partial charge in [0.05, 0.1) is 0 Å². The number of rotatable bonds is 4. The molecule has 1 atom stereocenters. The van der Waals surface area contributed by atoms with Crippen molar-refractivity contribution in [3.05, 3.63) is 0 Å². The maximum atomic E-state index is 12.3. The second-order valence-corrected chi connectivity index (χ2v) is 6.93. The molecule has 6 nitrogen and oxygen atoms in total. The molecule has 0 radical (unpaired) electrons. The minimum Gasteiger partial charge on any atom is -0.480 e. The molecule has 0 spiro atoms. The van der Waals surface area contributed by atoms with E-state index in [1.54, 1.807) is 48.5 Å². The smallest absolute Gasteiger partial charge is 0.323 e. The maximum Gasteiger partial charge on any atom is 0.323 e. The Morgan fingerprint density at radius 3 is 1.85 bits per heavy atom. The molecule has 0 fully saturated rings. The lowest BCUT2D eigenvalue weighted by molar-refractivity contribution is -0.150. The van der Waals surface area contributed by atoms with Crippen molar-refractivity contribution in [2.45, 2.75) is 60.0 Å². The summed E-state index contributed by atoms with van der Waals surface area (Å²) in [5.41, 5.74) is -1.23. The molecule has 6 heteroatoms. The van der Waals surface area contributed by atoms with Crippen molar-refractivity contribution >= 4 is 17.8 Å². The molecule has 0 heterocycles. The highest BCUT2D eigenvalue weighted by Crippen LogP contribution is 2.16. The van der Waals surface area contributed by atoms with E-state index in [1.807, 2.05) is 0 Å². The number of carboxylic acids is 1. The van der Waals surface area contributed by atoms with Crippen LogP contribution in [-0.4, -0.2) is 45.9 Å². The van der Waals surface area contributed by atoms with Gasteiger partial charge in [-0.15, -0.1) is 0 Å². The van der Waals surface area contributed by atoms with Crippen LogP contribution < -0.4 is 5.32 Å². The number of carbonyl (C=O) groups excluding carboxylic acids is 2. The molecule has 1 unspecified atom stereocenters. The normalized spacial score (nSPS) is 13.6. The van der Waals surface area contributed by atoms with Crippen LogP contribution in [0.3, 0.4) is 0 Å². The van der Waals surface area contributed by atoms with Crippen molar-refractivity contribution in [1.29, 1.82) is 0 Å². The minimum absolute atomic E-state index is 0.248. The van der Waals surface area contributed by atoms with E-state index in [1.165, 1.54) is 4.90 Å². The fourth-order valence-corrected chi connectivity index (χ4v) is 1.49. The molecule has 0 aromatic rings. The highest BCUT2D eigenvalue weighted by Gasteiger charge is 2.33. The molecule has 2 amide bonds. The first-order valence-electron chi connectivity index (χ1n) is 6.61. The molecule has 0 saturated carbocycles. The third-order valence-electron chi connectivity index (χ3n) is 2.77. The van der Waals surface area contributed by atoms with Crippen molar-refractivity contribution in [2.75, 3.05) is 6.54 Å². The largest absolute Gasteiger partial charge is 0.480 e. The van der Waals surface area contributed by atoms with Gasteiger partial charge in [0.25, 0.3) is 0 Å². The molecule has 0 saturated heterocycles. The van der Waals surface area contributed by atoms with E-state index in [-0.39, 0.29) is 5.91 Å². The zero-order chi connectivity index (χ0) is 16.3. The summed E-state index contributed by atoms with van der Waals surface area (Å²) in [7, 11) is 0. The standard InChI is InChI=1S/C14H26N2O4/c1-9(15-12(20)13(2,3)4)11(19)16(8-10(17)18)14(5,6)7/h9H,8H2,1-7H3,(H,15,20)(H,17,18). The molecule has 0 rings (SSSR count). The van der Waals surface area contributed by atoms with Gasteiger partial charge in [-0.25, -0.2) is 0 Å². The van der Waals surface area contributed by atoms with Gasteiger partial charge in [0.1, 0.15) is 12.6 Å². The highest BCUT2D eigenvalue weighted by atomic mass is 16.4. The molecule has 0 aliphatic heterocycles. The number of carbonyl (C=O) groups is 3. The molecule has 0 aliphatic rings. The van der Waals surface area contributed by atoms with E-state index in [0.29, 0.717) is 0 Å². The molecular formula is C14H26N2O4. The van der Waals surface area contributed by atoms with Crippen LogP contribution in [-0.2, 0) is 14.4 Å².